The molecule has 1 aromatic carbocycles. The molecule has 0 amide bonds. The first-order valence-corrected chi connectivity index (χ1v) is 6.93. The average Bonchev–Trinajstić information content (AvgIpc) is 2.76. The molecule has 1 aliphatic rings. The second-order valence-electron chi connectivity index (χ2n) is 4.87. The van der Waals surface area contributed by atoms with Crippen LogP contribution in [0, 0.1) is 16.1 Å². The number of aromatic amines is 1. The predicted octanol–water partition coefficient (Wildman–Crippen LogP) is 3.14. The Labute approximate surface area is 116 Å². The van der Waals surface area contributed by atoms with E-state index in [1.165, 1.54) is 6.42 Å². The molecule has 4 nitrogen and oxygen atoms in total. The summed E-state index contributed by atoms with van der Waals surface area (Å²) in [5, 5.41) is 9.00. The summed E-state index contributed by atoms with van der Waals surface area (Å²) in [5.41, 5.74) is 2.61. The number of rotatable bonds is 2. The number of nitrogens with zero attached hydrogens (tertiary/aromatic N) is 2. The van der Waals surface area contributed by atoms with Crippen LogP contribution in [0.3, 0.4) is 0 Å². The van der Waals surface area contributed by atoms with Gasteiger partial charge < -0.3 is 14.3 Å². The summed E-state index contributed by atoms with van der Waals surface area (Å²) < 4.78 is 8.50. The summed E-state index contributed by atoms with van der Waals surface area (Å²) in [6, 6.07) is 7.75. The van der Waals surface area contributed by atoms with Gasteiger partial charge in [0.2, 0.25) is 0 Å². The van der Waals surface area contributed by atoms with Crippen molar-refractivity contribution < 1.29 is 4.74 Å². The maximum Gasteiger partial charge on any atom is 0.178 e. The number of aromatic nitrogens is 2. The number of hydrogen-bond acceptors (Lipinski definition) is 3. The van der Waals surface area contributed by atoms with Gasteiger partial charge in [0.05, 0.1) is 35.3 Å². The number of ether oxygens (including phenoxy) is 1. The van der Waals surface area contributed by atoms with Crippen LogP contribution in [0.2, 0.25) is 0 Å². The van der Waals surface area contributed by atoms with Crippen LogP contribution in [0.15, 0.2) is 18.2 Å². The maximum atomic E-state index is 9.00. The molecule has 1 N–H and O–H groups in total. The topological polar surface area (TPSA) is 53.7 Å². The van der Waals surface area contributed by atoms with Gasteiger partial charge in [-0.25, -0.2) is 0 Å². The van der Waals surface area contributed by atoms with Gasteiger partial charge in [-0.15, -0.1) is 0 Å². The highest BCUT2D eigenvalue weighted by Gasteiger charge is 2.16. The summed E-state index contributed by atoms with van der Waals surface area (Å²) in [6.45, 7) is 1.59. The molecule has 0 spiro atoms. The zero-order valence-corrected chi connectivity index (χ0v) is 11.4. The Hall–Kier alpha value is -1.64. The number of fused-ring (bicyclic) bond motifs is 1. The minimum absolute atomic E-state index is 0.227. The fourth-order valence-electron chi connectivity index (χ4n) is 2.56. The number of benzene rings is 1. The van der Waals surface area contributed by atoms with Crippen molar-refractivity contribution in [2.75, 3.05) is 6.61 Å². The standard InChI is InChI=1S/C14H15N3OS/c15-8-10-4-5-12-13(7-10)17(14(19)16-12)9-11-3-1-2-6-18-11/h4-5,7,11H,1-3,6,9H2,(H,16,19). The minimum Gasteiger partial charge on any atom is -0.376 e. The Morgan fingerprint density at radius 3 is 3.11 bits per heavy atom. The van der Waals surface area contributed by atoms with Crippen molar-refractivity contribution in [3.63, 3.8) is 0 Å². The van der Waals surface area contributed by atoms with E-state index in [0.717, 1.165) is 37.0 Å². The van der Waals surface area contributed by atoms with E-state index < -0.39 is 0 Å². The number of H-pyrrole nitrogens is 1. The fraction of sp³-hybridized carbons (Fsp3) is 0.429. The van der Waals surface area contributed by atoms with Crippen molar-refractivity contribution in [1.82, 2.24) is 9.55 Å². The van der Waals surface area contributed by atoms with Crippen molar-refractivity contribution in [3.8, 4) is 6.07 Å². The fourth-order valence-corrected chi connectivity index (χ4v) is 2.84. The van der Waals surface area contributed by atoms with Gasteiger partial charge in [0.15, 0.2) is 4.77 Å². The molecule has 1 aliphatic heterocycles. The van der Waals surface area contributed by atoms with E-state index in [9.17, 15) is 0 Å². The highest BCUT2D eigenvalue weighted by atomic mass is 32.1. The molecule has 0 saturated carbocycles. The van der Waals surface area contributed by atoms with E-state index in [1.54, 1.807) is 6.07 Å². The summed E-state index contributed by atoms with van der Waals surface area (Å²) in [4.78, 5) is 3.18. The molecule has 2 aromatic rings. The molecule has 98 valence electrons. The molecule has 0 radical (unpaired) electrons. The maximum absolute atomic E-state index is 9.00. The Balaban J connectivity index is 1.99. The summed E-state index contributed by atoms with van der Waals surface area (Å²) in [5.74, 6) is 0. The molecule has 2 heterocycles. The van der Waals surface area contributed by atoms with Gasteiger partial charge in [-0.05, 0) is 49.7 Å². The second-order valence-corrected chi connectivity index (χ2v) is 5.26. The minimum atomic E-state index is 0.227. The number of imidazole rings is 1. The Kier molecular flexibility index (Phi) is 3.36. The Morgan fingerprint density at radius 1 is 1.47 bits per heavy atom. The molecule has 1 aromatic heterocycles. The van der Waals surface area contributed by atoms with Gasteiger partial charge >= 0.3 is 0 Å². The van der Waals surface area contributed by atoms with Crippen LogP contribution >= 0.6 is 12.2 Å². The largest absolute Gasteiger partial charge is 0.376 e. The van der Waals surface area contributed by atoms with Crippen LogP contribution in [0.25, 0.3) is 11.0 Å². The average molecular weight is 273 g/mol. The quantitative estimate of drug-likeness (QED) is 0.855. The van der Waals surface area contributed by atoms with Crippen LogP contribution in [0.4, 0.5) is 0 Å². The lowest BCUT2D eigenvalue weighted by Crippen LogP contribution is -2.24. The van der Waals surface area contributed by atoms with Gasteiger partial charge in [0.25, 0.3) is 0 Å². The molecule has 19 heavy (non-hydrogen) atoms. The predicted molar refractivity (Wildman–Crippen MR) is 75.4 cm³/mol. The summed E-state index contributed by atoms with van der Waals surface area (Å²) in [6.07, 6.45) is 3.66. The van der Waals surface area contributed by atoms with E-state index >= 15 is 0 Å². The van der Waals surface area contributed by atoms with Crippen molar-refractivity contribution in [3.05, 3.63) is 28.5 Å². The van der Waals surface area contributed by atoms with Crippen molar-refractivity contribution >= 4 is 23.3 Å². The highest BCUT2D eigenvalue weighted by Crippen LogP contribution is 2.20. The first kappa shape index (κ1) is 12.4. The van der Waals surface area contributed by atoms with Gasteiger partial charge in [-0.3, -0.25) is 0 Å². The van der Waals surface area contributed by atoms with Crippen LogP contribution in [0.1, 0.15) is 24.8 Å². The zero-order chi connectivity index (χ0) is 13.2. The van der Waals surface area contributed by atoms with Crippen molar-refractivity contribution in [2.45, 2.75) is 31.9 Å². The first-order valence-electron chi connectivity index (χ1n) is 6.52. The van der Waals surface area contributed by atoms with E-state index in [2.05, 4.69) is 11.1 Å². The van der Waals surface area contributed by atoms with Gasteiger partial charge in [-0.2, -0.15) is 5.26 Å². The van der Waals surface area contributed by atoms with E-state index in [0.29, 0.717) is 10.3 Å². The third-order valence-electron chi connectivity index (χ3n) is 3.56. The monoisotopic (exact) mass is 273 g/mol. The van der Waals surface area contributed by atoms with Gasteiger partial charge in [0.1, 0.15) is 0 Å². The lowest BCUT2D eigenvalue weighted by Gasteiger charge is -2.23. The molecule has 5 heteroatoms. The van der Waals surface area contributed by atoms with Crippen LogP contribution in [0.5, 0.6) is 0 Å². The molecular weight excluding hydrogens is 258 g/mol. The van der Waals surface area contributed by atoms with E-state index in [-0.39, 0.29) is 6.10 Å². The van der Waals surface area contributed by atoms with E-state index in [1.807, 2.05) is 16.7 Å². The first-order chi connectivity index (χ1) is 9.28. The van der Waals surface area contributed by atoms with Crippen LogP contribution < -0.4 is 0 Å². The van der Waals surface area contributed by atoms with Crippen molar-refractivity contribution in [2.24, 2.45) is 0 Å². The third-order valence-corrected chi connectivity index (χ3v) is 3.89. The van der Waals surface area contributed by atoms with Gasteiger partial charge in [-0.1, -0.05) is 0 Å². The Morgan fingerprint density at radius 2 is 2.37 bits per heavy atom. The number of hydrogen-bond donors (Lipinski definition) is 1. The molecule has 0 bridgehead atoms. The summed E-state index contributed by atoms with van der Waals surface area (Å²) >= 11 is 5.37. The summed E-state index contributed by atoms with van der Waals surface area (Å²) in [7, 11) is 0. The van der Waals surface area contributed by atoms with E-state index in [4.69, 9.17) is 22.2 Å². The molecule has 1 unspecified atom stereocenters. The molecule has 1 atom stereocenters. The Bertz CT molecular complexity index is 689. The van der Waals surface area contributed by atoms with Gasteiger partial charge in [0, 0.05) is 6.61 Å². The molecule has 1 fully saturated rings. The normalized spacial score (nSPS) is 19.4. The number of nitriles is 1. The van der Waals surface area contributed by atoms with Crippen LogP contribution in [-0.4, -0.2) is 22.3 Å². The lowest BCUT2D eigenvalue weighted by atomic mass is 10.1. The molecule has 0 aliphatic carbocycles. The zero-order valence-electron chi connectivity index (χ0n) is 10.6. The smallest absolute Gasteiger partial charge is 0.178 e. The SMILES string of the molecule is N#Cc1ccc2[nH]c(=S)n(CC3CCCCO3)c2c1. The molecule has 3 rings (SSSR count). The van der Waals surface area contributed by atoms with Crippen molar-refractivity contribution in [1.29, 1.82) is 5.26 Å². The molecular formula is C14H15N3OS. The van der Waals surface area contributed by atoms with Crippen LogP contribution in [-0.2, 0) is 11.3 Å². The highest BCUT2D eigenvalue weighted by molar-refractivity contribution is 7.71. The lowest BCUT2D eigenvalue weighted by molar-refractivity contribution is 0.00641. The third kappa shape index (κ3) is 2.42. The molecule has 1 saturated heterocycles. The number of nitrogens with one attached hydrogen (secondary N) is 1. The second kappa shape index (κ2) is 5.16.